The topological polar surface area (TPSA) is 113 Å². The molecule has 18 heavy (non-hydrogen) atoms. The summed E-state index contributed by atoms with van der Waals surface area (Å²) in [5, 5.41) is 6.23. The Labute approximate surface area is 110 Å². The molecule has 100 valence electrons. The Kier molecular flexibility index (Phi) is 3.80. The van der Waals surface area contributed by atoms with Gasteiger partial charge in [0.25, 0.3) is 0 Å². The summed E-state index contributed by atoms with van der Waals surface area (Å²) < 4.78 is 32.9. The first-order valence-electron chi connectivity index (χ1n) is 5.19. The molecule has 0 bridgehead atoms. The molecule has 0 amide bonds. The SMILES string of the molecule is NC(=S)c1cn[nH]c1NS(=O)(=O)N1CCOCC1. The largest absolute Gasteiger partial charge is 0.389 e. The van der Waals surface area contributed by atoms with E-state index >= 15 is 0 Å². The van der Waals surface area contributed by atoms with Gasteiger partial charge in [0.2, 0.25) is 0 Å². The zero-order valence-corrected chi connectivity index (χ0v) is 11.1. The van der Waals surface area contributed by atoms with Gasteiger partial charge in [-0.1, -0.05) is 12.2 Å². The minimum absolute atomic E-state index is 0.0726. The van der Waals surface area contributed by atoms with Crippen LogP contribution in [0.25, 0.3) is 0 Å². The lowest BCUT2D eigenvalue weighted by molar-refractivity contribution is 0.0733. The molecule has 1 aromatic rings. The van der Waals surface area contributed by atoms with E-state index in [2.05, 4.69) is 14.9 Å². The molecule has 1 aliphatic heterocycles. The molecule has 1 saturated heterocycles. The summed E-state index contributed by atoms with van der Waals surface area (Å²) in [6, 6.07) is 0. The predicted molar refractivity (Wildman–Crippen MR) is 69.4 cm³/mol. The minimum Gasteiger partial charge on any atom is -0.389 e. The van der Waals surface area contributed by atoms with Crippen LogP contribution in [0.3, 0.4) is 0 Å². The highest BCUT2D eigenvalue weighted by molar-refractivity contribution is 7.90. The number of ether oxygens (including phenoxy) is 1. The van der Waals surface area contributed by atoms with E-state index in [9.17, 15) is 8.42 Å². The van der Waals surface area contributed by atoms with Gasteiger partial charge < -0.3 is 10.5 Å². The Morgan fingerprint density at radius 2 is 2.22 bits per heavy atom. The first-order valence-corrected chi connectivity index (χ1v) is 7.04. The molecule has 10 heteroatoms. The molecule has 0 spiro atoms. The van der Waals surface area contributed by atoms with Gasteiger partial charge in [-0.15, -0.1) is 0 Å². The smallest absolute Gasteiger partial charge is 0.302 e. The van der Waals surface area contributed by atoms with Gasteiger partial charge in [0.05, 0.1) is 25.0 Å². The van der Waals surface area contributed by atoms with E-state index in [1.54, 1.807) is 0 Å². The molecule has 0 atom stereocenters. The number of thiocarbonyl (C=S) groups is 1. The molecular formula is C8H13N5O3S2. The van der Waals surface area contributed by atoms with Crippen LogP contribution < -0.4 is 10.5 Å². The van der Waals surface area contributed by atoms with Gasteiger partial charge in [0.15, 0.2) is 0 Å². The molecule has 1 aliphatic rings. The van der Waals surface area contributed by atoms with E-state index in [0.717, 1.165) is 0 Å². The molecule has 0 radical (unpaired) electrons. The lowest BCUT2D eigenvalue weighted by atomic mass is 10.3. The van der Waals surface area contributed by atoms with Crippen LogP contribution in [0, 0.1) is 0 Å². The number of anilines is 1. The Balaban J connectivity index is 2.16. The number of rotatable bonds is 4. The molecule has 2 rings (SSSR count). The Morgan fingerprint density at radius 1 is 1.56 bits per heavy atom. The number of aromatic amines is 1. The molecular weight excluding hydrogens is 278 g/mol. The fraction of sp³-hybridized carbons (Fsp3) is 0.500. The number of aromatic nitrogens is 2. The maximum atomic E-state index is 12.1. The quantitative estimate of drug-likeness (QED) is 0.615. The molecule has 4 N–H and O–H groups in total. The van der Waals surface area contributed by atoms with Crippen LogP contribution in [0.4, 0.5) is 5.82 Å². The van der Waals surface area contributed by atoms with Crippen molar-refractivity contribution in [2.45, 2.75) is 0 Å². The van der Waals surface area contributed by atoms with Crippen molar-refractivity contribution in [2.24, 2.45) is 5.73 Å². The lowest BCUT2D eigenvalue weighted by Crippen LogP contribution is -2.43. The first-order chi connectivity index (χ1) is 8.50. The number of nitrogens with one attached hydrogen (secondary N) is 2. The van der Waals surface area contributed by atoms with Crippen molar-refractivity contribution in [3.8, 4) is 0 Å². The molecule has 1 fully saturated rings. The zero-order valence-electron chi connectivity index (χ0n) is 9.42. The van der Waals surface area contributed by atoms with E-state index in [1.165, 1.54) is 10.5 Å². The number of H-pyrrole nitrogens is 1. The summed E-state index contributed by atoms with van der Waals surface area (Å²) in [6.45, 7) is 1.38. The number of nitrogens with two attached hydrogens (primary N) is 1. The predicted octanol–water partition coefficient (Wildman–Crippen LogP) is -0.967. The van der Waals surface area contributed by atoms with Crippen molar-refractivity contribution in [2.75, 3.05) is 31.0 Å². The number of hydrogen-bond acceptors (Lipinski definition) is 5. The van der Waals surface area contributed by atoms with Gasteiger partial charge >= 0.3 is 10.2 Å². The molecule has 2 heterocycles. The van der Waals surface area contributed by atoms with E-state index in [4.69, 9.17) is 22.7 Å². The highest BCUT2D eigenvalue weighted by Crippen LogP contribution is 2.15. The molecule has 0 saturated carbocycles. The summed E-state index contributed by atoms with van der Waals surface area (Å²) in [7, 11) is -3.65. The molecule has 8 nitrogen and oxygen atoms in total. The van der Waals surface area contributed by atoms with E-state index in [0.29, 0.717) is 31.9 Å². The van der Waals surface area contributed by atoms with E-state index < -0.39 is 10.2 Å². The van der Waals surface area contributed by atoms with Gasteiger partial charge in [-0.2, -0.15) is 17.8 Å². The van der Waals surface area contributed by atoms with E-state index in [-0.39, 0.29) is 10.8 Å². The summed E-state index contributed by atoms with van der Waals surface area (Å²) in [5.74, 6) is 0.175. The first kappa shape index (κ1) is 13.2. The third-order valence-corrected chi connectivity index (χ3v) is 4.17. The standard InChI is InChI=1S/C8H13N5O3S2/c9-7(17)6-5-10-11-8(6)12-18(14,15)13-1-3-16-4-2-13/h5H,1-4H2,(H2,9,17)(H2,10,11,12). The van der Waals surface area contributed by atoms with E-state index in [1.807, 2.05) is 0 Å². The van der Waals surface area contributed by atoms with Crippen molar-refractivity contribution in [1.29, 1.82) is 0 Å². The van der Waals surface area contributed by atoms with Crippen LogP contribution in [-0.2, 0) is 14.9 Å². The molecule has 1 aromatic heterocycles. The molecule has 0 aliphatic carbocycles. The van der Waals surface area contributed by atoms with Gasteiger partial charge in [-0.25, -0.2) is 0 Å². The highest BCUT2D eigenvalue weighted by Gasteiger charge is 2.25. The van der Waals surface area contributed by atoms with Crippen molar-refractivity contribution in [1.82, 2.24) is 14.5 Å². The van der Waals surface area contributed by atoms with Crippen molar-refractivity contribution < 1.29 is 13.2 Å². The monoisotopic (exact) mass is 291 g/mol. The fourth-order valence-corrected chi connectivity index (χ4v) is 2.86. The van der Waals surface area contributed by atoms with Gasteiger partial charge in [0, 0.05) is 13.1 Å². The van der Waals surface area contributed by atoms with Crippen LogP contribution in [0.5, 0.6) is 0 Å². The lowest BCUT2D eigenvalue weighted by Gasteiger charge is -2.26. The third-order valence-electron chi connectivity index (χ3n) is 2.45. The zero-order chi connectivity index (χ0) is 13.2. The second-order valence-corrected chi connectivity index (χ2v) is 5.75. The Bertz CT molecular complexity index is 535. The highest BCUT2D eigenvalue weighted by atomic mass is 32.2. The van der Waals surface area contributed by atoms with Crippen molar-refractivity contribution >= 4 is 33.2 Å². The number of hydrogen-bond donors (Lipinski definition) is 3. The molecule has 0 unspecified atom stereocenters. The van der Waals surface area contributed by atoms with Gasteiger partial charge in [-0.05, 0) is 0 Å². The molecule has 0 aromatic carbocycles. The minimum atomic E-state index is -3.65. The average Bonchev–Trinajstić information content (AvgIpc) is 2.78. The van der Waals surface area contributed by atoms with Gasteiger partial charge in [-0.3, -0.25) is 9.82 Å². The number of morpholine rings is 1. The third kappa shape index (κ3) is 2.77. The second-order valence-electron chi connectivity index (χ2n) is 3.64. The van der Waals surface area contributed by atoms with Crippen LogP contribution in [0.1, 0.15) is 5.56 Å². The Hall–Kier alpha value is -1.23. The van der Waals surface area contributed by atoms with Crippen molar-refractivity contribution in [3.63, 3.8) is 0 Å². The summed E-state index contributed by atoms with van der Waals surface area (Å²) in [5.41, 5.74) is 5.82. The van der Waals surface area contributed by atoms with Crippen molar-refractivity contribution in [3.05, 3.63) is 11.8 Å². The maximum Gasteiger partial charge on any atom is 0.302 e. The van der Waals surface area contributed by atoms with Crippen LogP contribution in [0.15, 0.2) is 6.20 Å². The summed E-state index contributed by atoms with van der Waals surface area (Å²) in [4.78, 5) is 0.0726. The normalized spacial score (nSPS) is 17.6. The Morgan fingerprint density at radius 3 is 2.83 bits per heavy atom. The van der Waals surface area contributed by atoms with Crippen LogP contribution in [-0.4, -0.2) is 54.2 Å². The average molecular weight is 291 g/mol. The fourth-order valence-electron chi connectivity index (χ4n) is 1.53. The van der Waals surface area contributed by atoms with Crippen LogP contribution >= 0.6 is 12.2 Å². The second kappa shape index (κ2) is 5.18. The maximum absolute atomic E-state index is 12.1. The summed E-state index contributed by atoms with van der Waals surface area (Å²) >= 11 is 4.80. The van der Waals surface area contributed by atoms with Crippen LogP contribution in [0.2, 0.25) is 0 Å². The number of nitrogens with zero attached hydrogens (tertiary/aromatic N) is 2. The summed E-state index contributed by atoms with van der Waals surface area (Å²) in [6.07, 6.45) is 1.37. The van der Waals surface area contributed by atoms with Gasteiger partial charge in [0.1, 0.15) is 10.8 Å².